The molecule has 1 amide bonds. The molecule has 2 N–H and O–H groups in total. The van der Waals surface area contributed by atoms with Gasteiger partial charge in [0.25, 0.3) is 0 Å². The minimum Gasteiger partial charge on any atom is -0.480 e. The van der Waals surface area contributed by atoms with Crippen LogP contribution in [0.2, 0.25) is 0 Å². The summed E-state index contributed by atoms with van der Waals surface area (Å²) in [6.45, 7) is 0. The third-order valence-electron chi connectivity index (χ3n) is 4.20. The van der Waals surface area contributed by atoms with Crippen LogP contribution >= 0.6 is 0 Å². The third-order valence-corrected chi connectivity index (χ3v) is 4.20. The normalized spacial score (nSPS) is 24.5. The van der Waals surface area contributed by atoms with Crippen molar-refractivity contribution in [2.45, 2.75) is 63.3 Å². The third kappa shape index (κ3) is 2.61. The lowest BCUT2D eigenvalue weighted by molar-refractivity contribution is -0.149. The SMILES string of the molecule is O=C(NC1(C(=O)O)CCCCCC1)C1CCC1. The van der Waals surface area contributed by atoms with Crippen molar-refractivity contribution < 1.29 is 14.7 Å². The number of carboxylic acids is 1. The summed E-state index contributed by atoms with van der Waals surface area (Å²) in [5.74, 6) is -0.831. The van der Waals surface area contributed by atoms with Gasteiger partial charge in [0.1, 0.15) is 5.54 Å². The molecule has 0 unspecified atom stereocenters. The largest absolute Gasteiger partial charge is 0.480 e. The number of carbonyl (C=O) groups is 2. The number of nitrogens with one attached hydrogen (secondary N) is 1. The first-order valence-corrected chi connectivity index (χ1v) is 6.69. The van der Waals surface area contributed by atoms with Gasteiger partial charge >= 0.3 is 5.97 Å². The quantitative estimate of drug-likeness (QED) is 0.741. The molecule has 2 fully saturated rings. The van der Waals surface area contributed by atoms with Crippen LogP contribution in [0.5, 0.6) is 0 Å². The molecule has 0 saturated heterocycles. The molecule has 0 heterocycles. The Morgan fingerprint density at radius 2 is 1.59 bits per heavy atom. The lowest BCUT2D eigenvalue weighted by Gasteiger charge is -2.33. The number of amides is 1. The van der Waals surface area contributed by atoms with Gasteiger partial charge in [-0.3, -0.25) is 4.79 Å². The lowest BCUT2D eigenvalue weighted by atomic mass is 9.82. The van der Waals surface area contributed by atoms with E-state index in [4.69, 9.17) is 0 Å². The van der Waals surface area contributed by atoms with Crippen LogP contribution in [0, 0.1) is 5.92 Å². The molecule has 4 heteroatoms. The highest BCUT2D eigenvalue weighted by Crippen LogP contribution is 2.31. The Hall–Kier alpha value is -1.06. The molecule has 0 aliphatic heterocycles. The second-order valence-electron chi connectivity index (χ2n) is 5.42. The molecular weight excluding hydrogens is 218 g/mol. The fraction of sp³-hybridized carbons (Fsp3) is 0.846. The lowest BCUT2D eigenvalue weighted by Crippen LogP contribution is -2.56. The predicted octanol–water partition coefficient (Wildman–Crippen LogP) is 2.08. The summed E-state index contributed by atoms with van der Waals surface area (Å²) in [5.41, 5.74) is -0.983. The van der Waals surface area contributed by atoms with Crippen LogP contribution in [0.15, 0.2) is 0 Å². The van der Waals surface area contributed by atoms with E-state index in [1.807, 2.05) is 0 Å². The van der Waals surface area contributed by atoms with Gasteiger partial charge in [0, 0.05) is 5.92 Å². The zero-order valence-electron chi connectivity index (χ0n) is 10.2. The van der Waals surface area contributed by atoms with Crippen molar-refractivity contribution in [3.8, 4) is 0 Å². The Kier molecular flexibility index (Phi) is 3.69. The van der Waals surface area contributed by atoms with Crippen molar-refractivity contribution in [1.29, 1.82) is 0 Å². The van der Waals surface area contributed by atoms with Crippen molar-refractivity contribution in [1.82, 2.24) is 5.32 Å². The Morgan fingerprint density at radius 1 is 1.00 bits per heavy atom. The van der Waals surface area contributed by atoms with Gasteiger partial charge in [0.2, 0.25) is 5.91 Å². The standard InChI is InChI=1S/C13H21NO3/c15-11(10-6-5-7-10)14-13(12(16)17)8-3-1-2-4-9-13/h10H,1-9H2,(H,14,15)(H,16,17). The maximum Gasteiger partial charge on any atom is 0.329 e. The highest BCUT2D eigenvalue weighted by molar-refractivity contribution is 5.88. The van der Waals surface area contributed by atoms with Gasteiger partial charge < -0.3 is 10.4 Å². The Labute approximate surface area is 102 Å². The summed E-state index contributed by atoms with van der Waals surface area (Å²) in [7, 11) is 0. The zero-order chi connectivity index (χ0) is 12.3. The maximum absolute atomic E-state index is 11.9. The van der Waals surface area contributed by atoms with Gasteiger partial charge in [-0.2, -0.15) is 0 Å². The summed E-state index contributed by atoms with van der Waals surface area (Å²) < 4.78 is 0. The molecule has 0 spiro atoms. The second kappa shape index (κ2) is 5.07. The highest BCUT2D eigenvalue weighted by atomic mass is 16.4. The minimum atomic E-state index is -0.983. The van der Waals surface area contributed by atoms with Crippen molar-refractivity contribution in [2.75, 3.05) is 0 Å². The molecule has 17 heavy (non-hydrogen) atoms. The molecule has 0 atom stereocenters. The molecular formula is C13H21NO3. The summed E-state index contributed by atoms with van der Waals surface area (Å²) >= 11 is 0. The molecule has 0 aromatic carbocycles. The number of rotatable bonds is 3. The monoisotopic (exact) mass is 239 g/mol. The number of aliphatic carboxylic acids is 1. The molecule has 96 valence electrons. The van der Waals surface area contributed by atoms with Gasteiger partial charge in [-0.25, -0.2) is 4.79 Å². The molecule has 2 aliphatic rings. The fourth-order valence-corrected chi connectivity index (χ4v) is 2.73. The van der Waals surface area contributed by atoms with Crippen molar-refractivity contribution in [3.05, 3.63) is 0 Å². The van der Waals surface area contributed by atoms with E-state index >= 15 is 0 Å². The van der Waals surface area contributed by atoms with Gasteiger partial charge in [-0.1, -0.05) is 32.1 Å². The topological polar surface area (TPSA) is 66.4 Å². The first kappa shape index (κ1) is 12.4. The first-order chi connectivity index (χ1) is 8.14. The molecule has 2 rings (SSSR count). The Bertz CT molecular complexity index is 302. The van der Waals surface area contributed by atoms with Crippen molar-refractivity contribution in [3.63, 3.8) is 0 Å². The van der Waals surface area contributed by atoms with Crippen LogP contribution in [0.3, 0.4) is 0 Å². The van der Waals surface area contributed by atoms with Crippen LogP contribution in [-0.4, -0.2) is 22.5 Å². The number of hydrogen-bond acceptors (Lipinski definition) is 2. The van der Waals surface area contributed by atoms with E-state index in [0.717, 1.165) is 44.9 Å². The van der Waals surface area contributed by atoms with E-state index < -0.39 is 11.5 Å². The smallest absolute Gasteiger partial charge is 0.329 e. The summed E-state index contributed by atoms with van der Waals surface area (Å²) in [6, 6.07) is 0. The highest BCUT2D eigenvalue weighted by Gasteiger charge is 2.41. The molecule has 4 nitrogen and oxygen atoms in total. The van der Waals surface area contributed by atoms with E-state index in [-0.39, 0.29) is 11.8 Å². The average Bonchev–Trinajstić information content (AvgIpc) is 2.41. The molecule has 0 bridgehead atoms. The first-order valence-electron chi connectivity index (χ1n) is 6.69. The summed E-state index contributed by atoms with van der Waals surface area (Å²) in [6.07, 6.45) is 8.06. The van der Waals surface area contributed by atoms with Gasteiger partial charge in [0.15, 0.2) is 0 Å². The second-order valence-corrected chi connectivity index (χ2v) is 5.42. The van der Waals surface area contributed by atoms with E-state index in [2.05, 4.69) is 5.32 Å². The molecule has 0 aromatic heterocycles. The van der Waals surface area contributed by atoms with Gasteiger partial charge in [-0.15, -0.1) is 0 Å². The molecule has 2 aliphatic carbocycles. The van der Waals surface area contributed by atoms with Crippen LogP contribution < -0.4 is 5.32 Å². The number of carboxylic acid groups (broad SMARTS) is 1. The van der Waals surface area contributed by atoms with E-state index in [1.165, 1.54) is 0 Å². The van der Waals surface area contributed by atoms with Gasteiger partial charge in [0.05, 0.1) is 0 Å². The molecule has 2 saturated carbocycles. The predicted molar refractivity (Wildman–Crippen MR) is 63.6 cm³/mol. The molecule has 0 aromatic rings. The minimum absolute atomic E-state index is 0.0412. The Balaban J connectivity index is 2.04. The summed E-state index contributed by atoms with van der Waals surface area (Å²) in [5, 5.41) is 12.3. The van der Waals surface area contributed by atoms with Gasteiger partial charge in [-0.05, 0) is 25.7 Å². The fourth-order valence-electron chi connectivity index (χ4n) is 2.73. The van der Waals surface area contributed by atoms with Crippen LogP contribution in [0.1, 0.15) is 57.8 Å². The van der Waals surface area contributed by atoms with Crippen molar-refractivity contribution in [2.24, 2.45) is 5.92 Å². The number of carbonyl (C=O) groups excluding carboxylic acids is 1. The van der Waals surface area contributed by atoms with Crippen LogP contribution in [0.25, 0.3) is 0 Å². The number of hydrogen-bond donors (Lipinski definition) is 2. The van der Waals surface area contributed by atoms with E-state index in [0.29, 0.717) is 12.8 Å². The maximum atomic E-state index is 11.9. The van der Waals surface area contributed by atoms with Crippen molar-refractivity contribution >= 4 is 11.9 Å². The average molecular weight is 239 g/mol. The van der Waals surface area contributed by atoms with E-state index in [9.17, 15) is 14.7 Å². The van der Waals surface area contributed by atoms with Crippen LogP contribution in [-0.2, 0) is 9.59 Å². The zero-order valence-corrected chi connectivity index (χ0v) is 10.2. The molecule has 0 radical (unpaired) electrons. The van der Waals surface area contributed by atoms with Crippen LogP contribution in [0.4, 0.5) is 0 Å². The summed E-state index contributed by atoms with van der Waals surface area (Å²) in [4.78, 5) is 23.4. The Morgan fingerprint density at radius 3 is 2.00 bits per heavy atom. The van der Waals surface area contributed by atoms with E-state index in [1.54, 1.807) is 0 Å².